The van der Waals surface area contributed by atoms with Crippen LogP contribution in [-0.2, 0) is 6.18 Å². The van der Waals surface area contributed by atoms with Gasteiger partial charge in [0.15, 0.2) is 5.69 Å². The molecule has 0 aliphatic rings. The van der Waals surface area contributed by atoms with E-state index in [1.54, 1.807) is 5.10 Å². The summed E-state index contributed by atoms with van der Waals surface area (Å²) >= 11 is 0. The van der Waals surface area contributed by atoms with Crippen molar-refractivity contribution >= 4 is 5.91 Å². The highest BCUT2D eigenvalue weighted by atomic mass is 19.4. The van der Waals surface area contributed by atoms with Crippen molar-refractivity contribution in [1.82, 2.24) is 20.8 Å². The fraction of sp³-hybridized carbons (Fsp3) is 0.556. The zero-order chi connectivity index (χ0) is 12.9. The number of halogens is 3. The van der Waals surface area contributed by atoms with E-state index in [-0.39, 0.29) is 5.69 Å². The van der Waals surface area contributed by atoms with Gasteiger partial charge in [-0.1, -0.05) is 6.92 Å². The highest BCUT2D eigenvalue weighted by molar-refractivity contribution is 5.92. The molecule has 17 heavy (non-hydrogen) atoms. The van der Waals surface area contributed by atoms with Gasteiger partial charge < -0.3 is 10.6 Å². The Balaban J connectivity index is 2.50. The van der Waals surface area contributed by atoms with Gasteiger partial charge in [0.2, 0.25) is 0 Å². The first kappa shape index (κ1) is 13.5. The smallest absolute Gasteiger partial charge is 0.349 e. The van der Waals surface area contributed by atoms with Crippen LogP contribution in [-0.4, -0.2) is 35.7 Å². The predicted molar refractivity (Wildman–Crippen MR) is 54.5 cm³/mol. The molecule has 1 aromatic rings. The van der Waals surface area contributed by atoms with E-state index in [2.05, 4.69) is 15.7 Å². The number of alkyl halides is 3. The molecule has 0 spiro atoms. The monoisotopic (exact) mass is 250 g/mol. The first-order chi connectivity index (χ1) is 7.95. The van der Waals surface area contributed by atoms with Gasteiger partial charge in [0.25, 0.3) is 5.91 Å². The van der Waals surface area contributed by atoms with Crippen LogP contribution in [0.2, 0.25) is 0 Å². The molecule has 0 saturated heterocycles. The number of aromatic nitrogens is 2. The van der Waals surface area contributed by atoms with Gasteiger partial charge >= 0.3 is 6.18 Å². The van der Waals surface area contributed by atoms with Gasteiger partial charge in [0, 0.05) is 19.2 Å². The molecule has 0 radical (unpaired) electrons. The molecule has 96 valence electrons. The summed E-state index contributed by atoms with van der Waals surface area (Å²) in [5.41, 5.74) is -1.30. The normalized spacial score (nSPS) is 11.5. The average molecular weight is 250 g/mol. The van der Waals surface area contributed by atoms with Crippen LogP contribution in [0.15, 0.2) is 6.07 Å². The summed E-state index contributed by atoms with van der Waals surface area (Å²) in [6.45, 7) is 3.56. The van der Waals surface area contributed by atoms with Crippen molar-refractivity contribution in [3.05, 3.63) is 17.5 Å². The number of H-pyrrole nitrogens is 1. The number of carbonyl (C=O) groups is 1. The van der Waals surface area contributed by atoms with Gasteiger partial charge in [0.1, 0.15) is 5.69 Å². The molecule has 0 atom stereocenters. The number of nitrogens with zero attached hydrogens (tertiary/aromatic N) is 1. The third-order valence-electron chi connectivity index (χ3n) is 1.95. The molecule has 0 aliphatic heterocycles. The Morgan fingerprint density at radius 3 is 2.71 bits per heavy atom. The number of rotatable bonds is 5. The van der Waals surface area contributed by atoms with E-state index >= 15 is 0 Å². The first-order valence-corrected chi connectivity index (χ1v) is 5.06. The summed E-state index contributed by atoms with van der Waals surface area (Å²) in [4.78, 5) is 11.4. The fourth-order valence-corrected chi connectivity index (χ4v) is 1.12. The van der Waals surface area contributed by atoms with Crippen LogP contribution in [0.4, 0.5) is 13.2 Å². The van der Waals surface area contributed by atoms with E-state index in [4.69, 9.17) is 0 Å². The van der Waals surface area contributed by atoms with E-state index in [0.29, 0.717) is 19.2 Å². The number of aromatic amines is 1. The summed E-state index contributed by atoms with van der Waals surface area (Å²) in [6, 6.07) is 0.683. The van der Waals surface area contributed by atoms with Crippen LogP contribution in [0.1, 0.15) is 23.1 Å². The molecule has 0 aromatic carbocycles. The molecule has 0 aliphatic carbocycles. The Morgan fingerprint density at radius 2 is 2.18 bits per heavy atom. The van der Waals surface area contributed by atoms with Gasteiger partial charge in [-0.3, -0.25) is 9.89 Å². The van der Waals surface area contributed by atoms with Crippen molar-refractivity contribution in [2.24, 2.45) is 0 Å². The molecule has 0 fully saturated rings. The van der Waals surface area contributed by atoms with Crippen molar-refractivity contribution in [1.29, 1.82) is 0 Å². The molecule has 5 nitrogen and oxygen atoms in total. The summed E-state index contributed by atoms with van der Waals surface area (Å²) in [5, 5.41) is 10.5. The predicted octanol–water partition coefficient (Wildman–Crippen LogP) is 0.768. The largest absolute Gasteiger partial charge is 0.432 e. The topological polar surface area (TPSA) is 69.8 Å². The molecular weight excluding hydrogens is 237 g/mol. The minimum absolute atomic E-state index is 0.270. The molecule has 0 saturated carbocycles. The number of nitrogens with one attached hydrogen (secondary N) is 3. The molecule has 1 rings (SSSR count). The van der Waals surface area contributed by atoms with E-state index in [0.717, 1.165) is 6.54 Å². The lowest BCUT2D eigenvalue weighted by Gasteiger charge is -2.03. The van der Waals surface area contributed by atoms with E-state index < -0.39 is 17.8 Å². The van der Waals surface area contributed by atoms with Gasteiger partial charge in [-0.15, -0.1) is 0 Å². The van der Waals surface area contributed by atoms with Crippen LogP contribution in [0.3, 0.4) is 0 Å². The number of likely N-dealkylation sites (N-methyl/N-ethyl adjacent to an activating group) is 1. The lowest BCUT2D eigenvalue weighted by Crippen LogP contribution is -2.31. The first-order valence-electron chi connectivity index (χ1n) is 5.06. The molecule has 1 aromatic heterocycles. The maximum atomic E-state index is 12.2. The maximum Gasteiger partial charge on any atom is 0.432 e. The fourth-order valence-electron chi connectivity index (χ4n) is 1.12. The van der Waals surface area contributed by atoms with Gasteiger partial charge in [-0.2, -0.15) is 18.3 Å². The Bertz CT molecular complexity index is 375. The van der Waals surface area contributed by atoms with Crippen LogP contribution >= 0.6 is 0 Å². The molecule has 0 unspecified atom stereocenters. The minimum atomic E-state index is -4.52. The van der Waals surface area contributed by atoms with E-state index in [1.807, 2.05) is 6.92 Å². The zero-order valence-electron chi connectivity index (χ0n) is 9.19. The van der Waals surface area contributed by atoms with Crippen LogP contribution in [0, 0.1) is 0 Å². The van der Waals surface area contributed by atoms with Gasteiger partial charge in [-0.25, -0.2) is 0 Å². The van der Waals surface area contributed by atoms with E-state index in [1.165, 1.54) is 0 Å². The number of hydrogen-bond donors (Lipinski definition) is 3. The SMILES string of the molecule is CCNCCNC(=O)c1cc(C(F)(F)F)[nH]n1. The lowest BCUT2D eigenvalue weighted by atomic mass is 10.3. The second-order valence-electron chi connectivity index (χ2n) is 3.27. The maximum absolute atomic E-state index is 12.2. The van der Waals surface area contributed by atoms with Crippen molar-refractivity contribution in [2.45, 2.75) is 13.1 Å². The second kappa shape index (κ2) is 5.67. The highest BCUT2D eigenvalue weighted by Gasteiger charge is 2.33. The van der Waals surface area contributed by atoms with Crippen LogP contribution in [0.25, 0.3) is 0 Å². The van der Waals surface area contributed by atoms with E-state index in [9.17, 15) is 18.0 Å². The number of carbonyl (C=O) groups excluding carboxylic acids is 1. The summed E-state index contributed by atoms with van der Waals surface area (Å²) in [6.07, 6.45) is -4.52. The molecule has 0 bridgehead atoms. The molecule has 3 N–H and O–H groups in total. The van der Waals surface area contributed by atoms with Crippen LogP contribution in [0.5, 0.6) is 0 Å². The molecule has 8 heteroatoms. The van der Waals surface area contributed by atoms with Gasteiger partial charge in [0.05, 0.1) is 0 Å². The van der Waals surface area contributed by atoms with Crippen LogP contribution < -0.4 is 10.6 Å². The molecule has 1 heterocycles. The minimum Gasteiger partial charge on any atom is -0.349 e. The Kier molecular flexibility index (Phi) is 4.50. The quantitative estimate of drug-likeness (QED) is 0.676. The van der Waals surface area contributed by atoms with Crippen molar-refractivity contribution in [3.63, 3.8) is 0 Å². The standard InChI is InChI=1S/C9H13F3N4O/c1-2-13-3-4-14-8(17)6-5-7(16-15-6)9(10,11)12/h5,13H,2-4H2,1H3,(H,14,17)(H,15,16). The van der Waals surface area contributed by atoms with Gasteiger partial charge in [-0.05, 0) is 6.54 Å². The Labute approximate surface area is 95.8 Å². The summed E-state index contributed by atoms with van der Waals surface area (Å²) < 4.78 is 36.6. The lowest BCUT2D eigenvalue weighted by molar-refractivity contribution is -0.141. The zero-order valence-corrected chi connectivity index (χ0v) is 9.19. The third-order valence-corrected chi connectivity index (χ3v) is 1.95. The summed E-state index contributed by atoms with van der Waals surface area (Å²) in [5.74, 6) is -0.630. The number of amides is 1. The number of hydrogen-bond acceptors (Lipinski definition) is 3. The second-order valence-corrected chi connectivity index (χ2v) is 3.27. The summed E-state index contributed by atoms with van der Waals surface area (Å²) in [7, 11) is 0. The Hall–Kier alpha value is -1.57. The van der Waals surface area contributed by atoms with Crippen molar-refractivity contribution < 1.29 is 18.0 Å². The Morgan fingerprint density at radius 1 is 1.47 bits per heavy atom. The molecule has 1 amide bonds. The highest BCUT2D eigenvalue weighted by Crippen LogP contribution is 2.27. The third kappa shape index (κ3) is 4.06. The average Bonchev–Trinajstić information content (AvgIpc) is 2.72. The van der Waals surface area contributed by atoms with Crippen molar-refractivity contribution in [3.8, 4) is 0 Å². The molecular formula is C9H13F3N4O. The van der Waals surface area contributed by atoms with Crippen molar-refractivity contribution in [2.75, 3.05) is 19.6 Å².